The molecular weight excluding hydrogens is 262 g/mol. The molecule has 110 valence electrons. The van der Waals surface area contributed by atoms with E-state index in [1.807, 2.05) is 55.5 Å². The summed E-state index contributed by atoms with van der Waals surface area (Å²) in [5, 5.41) is 3.08. The van der Waals surface area contributed by atoms with Gasteiger partial charge in [-0.15, -0.1) is 0 Å². The Bertz CT molecular complexity index is 588. The second kappa shape index (κ2) is 6.93. The number of hydrogen-bond donors (Lipinski definition) is 1. The predicted octanol–water partition coefficient (Wildman–Crippen LogP) is 3.88. The van der Waals surface area contributed by atoms with Gasteiger partial charge in [0.05, 0.1) is 13.2 Å². The molecule has 2 aromatic carbocycles. The molecule has 0 aliphatic rings. The number of ether oxygens (including phenoxy) is 1. The summed E-state index contributed by atoms with van der Waals surface area (Å²) in [7, 11) is 1.64. The Morgan fingerprint density at radius 2 is 1.71 bits per heavy atom. The van der Waals surface area contributed by atoms with E-state index in [4.69, 9.17) is 4.74 Å². The zero-order valence-electron chi connectivity index (χ0n) is 12.7. The highest BCUT2D eigenvalue weighted by molar-refractivity contribution is 5.94. The van der Waals surface area contributed by atoms with Crippen LogP contribution in [-0.2, 0) is 0 Å². The maximum absolute atomic E-state index is 12.3. The molecule has 21 heavy (non-hydrogen) atoms. The Morgan fingerprint density at radius 3 is 2.24 bits per heavy atom. The molecule has 0 saturated heterocycles. The van der Waals surface area contributed by atoms with E-state index >= 15 is 0 Å². The van der Waals surface area contributed by atoms with Gasteiger partial charge in [0, 0.05) is 5.56 Å². The molecule has 1 atom stereocenters. The largest absolute Gasteiger partial charge is 0.497 e. The van der Waals surface area contributed by atoms with Gasteiger partial charge in [0.25, 0.3) is 5.91 Å². The summed E-state index contributed by atoms with van der Waals surface area (Å²) in [5.74, 6) is 0.774. The standard InChI is InChI=1S/C18H21NO2/c1-4-17(14-9-11-16(21-3)12-10-14)19-18(20)15-7-5-13(2)6-8-15/h5-12,17H,4H2,1-3H3,(H,19,20). The van der Waals surface area contributed by atoms with Gasteiger partial charge in [-0.1, -0.05) is 36.8 Å². The zero-order valence-corrected chi connectivity index (χ0v) is 12.7. The molecule has 0 aliphatic carbocycles. The monoisotopic (exact) mass is 283 g/mol. The van der Waals surface area contributed by atoms with Crippen LogP contribution in [0.15, 0.2) is 48.5 Å². The first kappa shape index (κ1) is 15.1. The van der Waals surface area contributed by atoms with Crippen molar-refractivity contribution in [3.63, 3.8) is 0 Å². The van der Waals surface area contributed by atoms with Gasteiger partial charge in [0.2, 0.25) is 0 Å². The smallest absolute Gasteiger partial charge is 0.251 e. The number of nitrogens with one attached hydrogen (secondary N) is 1. The molecule has 1 amide bonds. The van der Waals surface area contributed by atoms with E-state index in [0.29, 0.717) is 5.56 Å². The van der Waals surface area contributed by atoms with Gasteiger partial charge in [0.1, 0.15) is 5.75 Å². The van der Waals surface area contributed by atoms with E-state index in [-0.39, 0.29) is 11.9 Å². The lowest BCUT2D eigenvalue weighted by molar-refractivity contribution is 0.0935. The molecule has 2 rings (SSSR count). The number of benzene rings is 2. The number of amides is 1. The summed E-state index contributed by atoms with van der Waals surface area (Å²) in [6.07, 6.45) is 0.837. The van der Waals surface area contributed by atoms with Crippen LogP contribution in [-0.4, -0.2) is 13.0 Å². The van der Waals surface area contributed by atoms with Crippen molar-refractivity contribution in [1.29, 1.82) is 0 Å². The van der Waals surface area contributed by atoms with Crippen LogP contribution in [0.1, 0.15) is 40.9 Å². The van der Waals surface area contributed by atoms with Gasteiger partial charge in [-0.3, -0.25) is 4.79 Å². The van der Waals surface area contributed by atoms with E-state index in [1.165, 1.54) is 0 Å². The minimum atomic E-state index is -0.0438. The Morgan fingerprint density at radius 1 is 1.10 bits per heavy atom. The van der Waals surface area contributed by atoms with Crippen molar-refractivity contribution in [2.45, 2.75) is 26.3 Å². The molecule has 0 aromatic heterocycles. The fraction of sp³-hybridized carbons (Fsp3) is 0.278. The van der Waals surface area contributed by atoms with Crippen molar-refractivity contribution in [3.8, 4) is 5.75 Å². The first-order valence-corrected chi connectivity index (χ1v) is 7.15. The van der Waals surface area contributed by atoms with Gasteiger partial charge in [-0.05, 0) is 43.2 Å². The van der Waals surface area contributed by atoms with Gasteiger partial charge in [-0.2, -0.15) is 0 Å². The minimum Gasteiger partial charge on any atom is -0.497 e. The summed E-state index contributed by atoms with van der Waals surface area (Å²) in [6.45, 7) is 4.07. The summed E-state index contributed by atoms with van der Waals surface area (Å²) in [5.41, 5.74) is 2.92. The summed E-state index contributed by atoms with van der Waals surface area (Å²) >= 11 is 0. The Kier molecular flexibility index (Phi) is 4.99. The third-order valence-corrected chi connectivity index (χ3v) is 3.55. The van der Waals surface area contributed by atoms with Crippen LogP contribution in [0.5, 0.6) is 5.75 Å². The van der Waals surface area contributed by atoms with Crippen LogP contribution in [0.25, 0.3) is 0 Å². The fourth-order valence-corrected chi connectivity index (χ4v) is 2.20. The predicted molar refractivity (Wildman–Crippen MR) is 84.7 cm³/mol. The second-order valence-electron chi connectivity index (χ2n) is 5.07. The van der Waals surface area contributed by atoms with Crippen LogP contribution >= 0.6 is 0 Å². The quantitative estimate of drug-likeness (QED) is 0.904. The number of aryl methyl sites for hydroxylation is 1. The molecule has 0 aliphatic heterocycles. The molecule has 0 saturated carbocycles. The van der Waals surface area contributed by atoms with Gasteiger partial charge < -0.3 is 10.1 Å². The van der Waals surface area contributed by atoms with Crippen LogP contribution in [0, 0.1) is 6.92 Å². The van der Waals surface area contributed by atoms with Crippen molar-refractivity contribution in [2.24, 2.45) is 0 Å². The molecule has 0 bridgehead atoms. The Balaban J connectivity index is 2.10. The maximum atomic E-state index is 12.3. The van der Waals surface area contributed by atoms with Crippen LogP contribution in [0.3, 0.4) is 0 Å². The van der Waals surface area contributed by atoms with E-state index in [9.17, 15) is 4.79 Å². The normalized spacial score (nSPS) is 11.8. The SMILES string of the molecule is CCC(NC(=O)c1ccc(C)cc1)c1ccc(OC)cc1. The van der Waals surface area contributed by atoms with Crippen LogP contribution in [0.2, 0.25) is 0 Å². The Hall–Kier alpha value is -2.29. The average molecular weight is 283 g/mol. The maximum Gasteiger partial charge on any atom is 0.251 e. The van der Waals surface area contributed by atoms with E-state index in [0.717, 1.165) is 23.3 Å². The third-order valence-electron chi connectivity index (χ3n) is 3.55. The summed E-state index contributed by atoms with van der Waals surface area (Å²) in [6, 6.07) is 15.4. The Labute approximate surface area is 126 Å². The molecule has 0 spiro atoms. The molecule has 1 N–H and O–H groups in total. The first-order valence-electron chi connectivity index (χ1n) is 7.15. The number of carbonyl (C=O) groups excluding carboxylic acids is 1. The third kappa shape index (κ3) is 3.85. The van der Waals surface area contributed by atoms with Gasteiger partial charge in [0.15, 0.2) is 0 Å². The molecule has 0 radical (unpaired) electrons. The highest BCUT2D eigenvalue weighted by Gasteiger charge is 2.14. The first-order chi connectivity index (χ1) is 10.1. The van der Waals surface area contributed by atoms with E-state index < -0.39 is 0 Å². The van der Waals surface area contributed by atoms with Crippen molar-refractivity contribution in [1.82, 2.24) is 5.32 Å². The van der Waals surface area contributed by atoms with Gasteiger partial charge in [-0.25, -0.2) is 0 Å². The van der Waals surface area contributed by atoms with Crippen molar-refractivity contribution >= 4 is 5.91 Å². The molecule has 0 fully saturated rings. The molecule has 0 heterocycles. The topological polar surface area (TPSA) is 38.3 Å². The van der Waals surface area contributed by atoms with Crippen molar-refractivity contribution < 1.29 is 9.53 Å². The highest BCUT2D eigenvalue weighted by atomic mass is 16.5. The van der Waals surface area contributed by atoms with Gasteiger partial charge >= 0.3 is 0 Å². The van der Waals surface area contributed by atoms with E-state index in [1.54, 1.807) is 7.11 Å². The van der Waals surface area contributed by atoms with E-state index in [2.05, 4.69) is 12.2 Å². The number of carbonyl (C=O) groups is 1. The summed E-state index contributed by atoms with van der Waals surface area (Å²) in [4.78, 5) is 12.3. The summed E-state index contributed by atoms with van der Waals surface area (Å²) < 4.78 is 5.16. The van der Waals surface area contributed by atoms with Crippen molar-refractivity contribution in [2.75, 3.05) is 7.11 Å². The molecule has 3 nitrogen and oxygen atoms in total. The molecule has 2 aromatic rings. The molecular formula is C18H21NO2. The average Bonchev–Trinajstić information content (AvgIpc) is 2.53. The van der Waals surface area contributed by atoms with Crippen LogP contribution in [0.4, 0.5) is 0 Å². The zero-order chi connectivity index (χ0) is 15.2. The number of rotatable bonds is 5. The fourth-order valence-electron chi connectivity index (χ4n) is 2.20. The lowest BCUT2D eigenvalue weighted by atomic mass is 10.0. The highest BCUT2D eigenvalue weighted by Crippen LogP contribution is 2.20. The van der Waals surface area contributed by atoms with Crippen molar-refractivity contribution in [3.05, 3.63) is 65.2 Å². The minimum absolute atomic E-state index is 0.00436. The lowest BCUT2D eigenvalue weighted by Crippen LogP contribution is -2.28. The molecule has 1 unspecified atom stereocenters. The second-order valence-corrected chi connectivity index (χ2v) is 5.07. The van der Waals surface area contributed by atoms with Crippen LogP contribution < -0.4 is 10.1 Å². The molecule has 3 heteroatoms. The number of methoxy groups -OCH3 is 1. The lowest BCUT2D eigenvalue weighted by Gasteiger charge is -2.18. The number of hydrogen-bond acceptors (Lipinski definition) is 2.